The van der Waals surface area contributed by atoms with E-state index in [9.17, 15) is 18.0 Å². The molecule has 2 heterocycles. The van der Waals surface area contributed by atoms with Gasteiger partial charge in [-0.05, 0) is 36.8 Å². The van der Waals surface area contributed by atoms with E-state index in [4.69, 9.17) is 10.2 Å². The van der Waals surface area contributed by atoms with E-state index >= 15 is 0 Å². The molecule has 0 spiro atoms. The van der Waals surface area contributed by atoms with Crippen LogP contribution in [0.15, 0.2) is 76.1 Å². The lowest BCUT2D eigenvalue weighted by atomic mass is 10.0. The second-order valence-corrected chi connectivity index (χ2v) is 7.13. The molecule has 5 nitrogen and oxygen atoms in total. The molecule has 2 aromatic carbocycles. The van der Waals surface area contributed by atoms with Gasteiger partial charge in [-0.2, -0.15) is 13.2 Å². The molecule has 8 heteroatoms. The minimum atomic E-state index is -4.75. The molecule has 2 aromatic heterocycles. The van der Waals surface area contributed by atoms with Crippen LogP contribution in [0.2, 0.25) is 0 Å². The molecule has 0 fully saturated rings. The van der Waals surface area contributed by atoms with Crippen LogP contribution < -0.4 is 11.3 Å². The number of halogens is 3. The van der Waals surface area contributed by atoms with Crippen LogP contribution in [0.1, 0.15) is 16.8 Å². The summed E-state index contributed by atoms with van der Waals surface area (Å²) in [6.07, 6.45) is -3.38. The van der Waals surface area contributed by atoms with Crippen molar-refractivity contribution >= 4 is 5.69 Å². The Hall–Kier alpha value is -3.81. The summed E-state index contributed by atoms with van der Waals surface area (Å²) in [7, 11) is 0. The molecule has 0 aliphatic heterocycles. The van der Waals surface area contributed by atoms with Gasteiger partial charge in [-0.1, -0.05) is 42.0 Å². The first-order valence-corrected chi connectivity index (χ1v) is 9.41. The lowest BCUT2D eigenvalue weighted by Gasteiger charge is -2.17. The molecular formula is C23H18F3N3O2. The Balaban J connectivity index is 1.84. The van der Waals surface area contributed by atoms with Crippen LogP contribution in [0, 0.1) is 6.92 Å². The van der Waals surface area contributed by atoms with E-state index in [2.05, 4.69) is 4.98 Å². The highest BCUT2D eigenvalue weighted by atomic mass is 19.4. The highest BCUT2D eigenvalue weighted by Crippen LogP contribution is 2.35. The van der Waals surface area contributed by atoms with Crippen molar-refractivity contribution in [2.45, 2.75) is 19.6 Å². The summed E-state index contributed by atoms with van der Waals surface area (Å²) in [4.78, 5) is 17.3. The van der Waals surface area contributed by atoms with E-state index < -0.39 is 23.0 Å². The highest BCUT2D eigenvalue weighted by Gasteiger charge is 2.35. The van der Waals surface area contributed by atoms with E-state index in [1.54, 1.807) is 18.2 Å². The number of rotatable bonds is 4. The Labute approximate surface area is 175 Å². The third-order valence-corrected chi connectivity index (χ3v) is 4.85. The minimum Gasteiger partial charge on any atom is -0.444 e. The fourth-order valence-corrected chi connectivity index (χ4v) is 3.35. The number of hydrogen-bond donors (Lipinski definition) is 1. The Morgan fingerprint density at radius 2 is 1.74 bits per heavy atom. The van der Waals surface area contributed by atoms with Crippen molar-refractivity contribution in [3.05, 3.63) is 94.1 Å². The topological polar surface area (TPSA) is 74.1 Å². The molecule has 0 bridgehead atoms. The Bertz CT molecular complexity index is 1290. The first-order valence-electron chi connectivity index (χ1n) is 9.41. The van der Waals surface area contributed by atoms with E-state index in [-0.39, 0.29) is 12.2 Å². The SMILES string of the molecule is Cc1cccc(-c2cc(C(F)(F)F)c(N)c(=O)n2Cc2coc(-c3ccccc3)n2)c1. The number of pyridine rings is 1. The van der Waals surface area contributed by atoms with Crippen LogP contribution in [-0.2, 0) is 12.7 Å². The molecule has 0 amide bonds. The maximum Gasteiger partial charge on any atom is 0.418 e. The van der Waals surface area contributed by atoms with Gasteiger partial charge in [0.05, 0.1) is 23.5 Å². The number of oxazole rings is 1. The molecule has 0 aliphatic carbocycles. The first kappa shape index (κ1) is 20.5. The molecule has 2 N–H and O–H groups in total. The summed E-state index contributed by atoms with van der Waals surface area (Å²) in [5.41, 5.74) is 5.19. The van der Waals surface area contributed by atoms with E-state index in [0.29, 0.717) is 17.1 Å². The largest absolute Gasteiger partial charge is 0.444 e. The fourth-order valence-electron chi connectivity index (χ4n) is 3.35. The summed E-state index contributed by atoms with van der Waals surface area (Å²) < 4.78 is 47.2. The average Bonchev–Trinajstić information content (AvgIpc) is 3.20. The Morgan fingerprint density at radius 3 is 2.42 bits per heavy atom. The van der Waals surface area contributed by atoms with Crippen molar-refractivity contribution in [3.8, 4) is 22.7 Å². The molecule has 0 atom stereocenters. The fraction of sp³-hybridized carbons (Fsp3) is 0.130. The van der Waals surface area contributed by atoms with Crippen LogP contribution in [0.3, 0.4) is 0 Å². The second-order valence-electron chi connectivity index (χ2n) is 7.13. The summed E-state index contributed by atoms with van der Waals surface area (Å²) in [6.45, 7) is 1.72. The molecule has 0 saturated heterocycles. The van der Waals surface area contributed by atoms with Gasteiger partial charge in [0.1, 0.15) is 12.0 Å². The molecule has 31 heavy (non-hydrogen) atoms. The van der Waals surface area contributed by atoms with Gasteiger partial charge in [-0.25, -0.2) is 4.98 Å². The van der Waals surface area contributed by atoms with Crippen molar-refractivity contribution in [1.82, 2.24) is 9.55 Å². The number of nitrogens with zero attached hydrogens (tertiary/aromatic N) is 2. The molecule has 0 saturated carbocycles. The quantitative estimate of drug-likeness (QED) is 0.492. The van der Waals surface area contributed by atoms with Crippen LogP contribution in [0.25, 0.3) is 22.7 Å². The maximum absolute atomic E-state index is 13.5. The smallest absolute Gasteiger partial charge is 0.418 e. The lowest BCUT2D eigenvalue weighted by Crippen LogP contribution is -2.28. The van der Waals surface area contributed by atoms with E-state index in [1.807, 2.05) is 43.3 Å². The molecule has 0 radical (unpaired) electrons. The summed E-state index contributed by atoms with van der Waals surface area (Å²) >= 11 is 0. The standard InChI is InChI=1S/C23H18F3N3O2/c1-14-6-5-9-16(10-14)19-11-18(23(24,25)26)20(27)22(30)29(19)12-17-13-31-21(28-17)15-7-3-2-4-8-15/h2-11,13H,12,27H2,1H3. The van der Waals surface area contributed by atoms with Crippen LogP contribution >= 0.6 is 0 Å². The number of anilines is 1. The van der Waals surface area contributed by atoms with Gasteiger partial charge < -0.3 is 14.7 Å². The highest BCUT2D eigenvalue weighted by molar-refractivity contribution is 5.65. The minimum absolute atomic E-state index is 0.0964. The van der Waals surface area contributed by atoms with Crippen molar-refractivity contribution in [2.24, 2.45) is 0 Å². The molecule has 4 rings (SSSR count). The van der Waals surface area contributed by atoms with Gasteiger partial charge in [0.25, 0.3) is 5.56 Å². The van der Waals surface area contributed by atoms with Crippen molar-refractivity contribution < 1.29 is 17.6 Å². The molecule has 4 aromatic rings. The van der Waals surface area contributed by atoms with Crippen molar-refractivity contribution in [3.63, 3.8) is 0 Å². The van der Waals surface area contributed by atoms with Crippen LogP contribution in [0.5, 0.6) is 0 Å². The molecular weight excluding hydrogens is 407 g/mol. The van der Waals surface area contributed by atoms with Crippen molar-refractivity contribution in [2.75, 3.05) is 5.73 Å². The van der Waals surface area contributed by atoms with Gasteiger partial charge in [0.2, 0.25) is 5.89 Å². The third-order valence-electron chi connectivity index (χ3n) is 4.85. The zero-order valence-electron chi connectivity index (χ0n) is 16.5. The van der Waals surface area contributed by atoms with Gasteiger partial charge in [-0.3, -0.25) is 4.79 Å². The average molecular weight is 425 g/mol. The number of benzene rings is 2. The molecule has 0 aliphatic rings. The normalized spacial score (nSPS) is 11.6. The molecule has 158 valence electrons. The van der Waals surface area contributed by atoms with Gasteiger partial charge in [0, 0.05) is 5.56 Å². The van der Waals surface area contributed by atoms with Crippen LogP contribution in [-0.4, -0.2) is 9.55 Å². The Morgan fingerprint density at radius 1 is 1.03 bits per heavy atom. The summed E-state index contributed by atoms with van der Waals surface area (Å²) in [5, 5.41) is 0. The lowest BCUT2D eigenvalue weighted by molar-refractivity contribution is -0.137. The number of nitrogen functional groups attached to an aromatic ring is 1. The van der Waals surface area contributed by atoms with E-state index in [1.165, 1.54) is 10.8 Å². The Kier molecular flexibility index (Phi) is 5.14. The van der Waals surface area contributed by atoms with Gasteiger partial charge >= 0.3 is 6.18 Å². The number of alkyl halides is 3. The zero-order valence-corrected chi connectivity index (χ0v) is 16.5. The third kappa shape index (κ3) is 4.09. The summed E-state index contributed by atoms with van der Waals surface area (Å²) in [6, 6.07) is 16.9. The van der Waals surface area contributed by atoms with Crippen molar-refractivity contribution in [1.29, 1.82) is 0 Å². The van der Waals surface area contributed by atoms with E-state index in [0.717, 1.165) is 17.2 Å². The maximum atomic E-state index is 13.5. The second kappa shape index (κ2) is 7.79. The molecule has 0 unspecified atom stereocenters. The number of aromatic nitrogens is 2. The predicted molar refractivity (Wildman–Crippen MR) is 111 cm³/mol. The van der Waals surface area contributed by atoms with Crippen LogP contribution in [0.4, 0.5) is 18.9 Å². The summed E-state index contributed by atoms with van der Waals surface area (Å²) in [5.74, 6) is 0.348. The number of hydrogen-bond acceptors (Lipinski definition) is 4. The van der Waals surface area contributed by atoms with Gasteiger partial charge in [-0.15, -0.1) is 0 Å². The number of nitrogens with two attached hydrogens (primary N) is 1. The first-order chi connectivity index (χ1) is 14.7. The number of aryl methyl sites for hydroxylation is 1. The van der Waals surface area contributed by atoms with Gasteiger partial charge in [0.15, 0.2) is 0 Å². The zero-order chi connectivity index (χ0) is 22.2. The predicted octanol–water partition coefficient (Wildman–Crippen LogP) is 5.13. The monoisotopic (exact) mass is 425 g/mol.